The fourth-order valence-corrected chi connectivity index (χ4v) is 23.0. The van der Waals surface area contributed by atoms with Gasteiger partial charge in [0.1, 0.15) is 11.4 Å². The maximum atomic E-state index is 12.8. The van der Waals surface area contributed by atoms with Crippen LogP contribution in [-0.4, -0.2) is 27.6 Å². The largest absolute Gasteiger partial charge is 0.495 e. The number of rotatable bonds is 5. The Balaban J connectivity index is 0.000000430. The van der Waals surface area contributed by atoms with Crippen LogP contribution in [0.2, 0.25) is 0 Å². The SMILES string of the molecule is COc1cc(C)c(Nc2ncc(NC(=O)C(C)(C)C)c(-c3cn(C)c4ccccc34)n2)cc1N.S=S=S=S=S=S=S=S=S=S=S. The molecule has 0 saturated heterocycles. The van der Waals surface area contributed by atoms with E-state index < -0.39 is 5.41 Å². The third-order valence-corrected chi connectivity index (χ3v) is 23.7. The van der Waals surface area contributed by atoms with Gasteiger partial charge in [-0.15, -0.1) is 0 Å². The van der Waals surface area contributed by atoms with Crippen LogP contribution in [0.25, 0.3) is 22.2 Å². The van der Waals surface area contributed by atoms with Crippen molar-refractivity contribution >= 4 is 142 Å². The Bertz CT molecular complexity index is 2080. The number of nitrogens with two attached hydrogens (primary N) is 1. The van der Waals surface area contributed by atoms with Gasteiger partial charge in [-0.05, 0) is 30.7 Å². The molecule has 8 nitrogen and oxygen atoms in total. The van der Waals surface area contributed by atoms with Crippen molar-refractivity contribution in [3.63, 3.8) is 0 Å². The van der Waals surface area contributed by atoms with Crippen LogP contribution in [0, 0.1) is 12.3 Å². The Labute approximate surface area is 298 Å². The van der Waals surface area contributed by atoms with Gasteiger partial charge >= 0.3 is 0 Å². The van der Waals surface area contributed by atoms with Crippen LogP contribution < -0.4 is 21.1 Å². The fourth-order valence-electron chi connectivity index (χ4n) is 3.79. The summed E-state index contributed by atoms with van der Waals surface area (Å²) < 4.78 is 7.35. The molecule has 45 heavy (non-hydrogen) atoms. The van der Waals surface area contributed by atoms with Crippen molar-refractivity contribution in [2.75, 3.05) is 23.5 Å². The number of nitrogens with one attached hydrogen (secondary N) is 2. The molecule has 2 aromatic heterocycles. The molecule has 1 amide bonds. The number of para-hydroxylation sites is 1. The van der Waals surface area contributed by atoms with Crippen LogP contribution in [-0.2, 0) is 114 Å². The molecule has 0 aliphatic carbocycles. The second kappa shape index (κ2) is 18.6. The summed E-state index contributed by atoms with van der Waals surface area (Å²) in [6.07, 6.45) is 3.65. The molecule has 0 atom stereocenters. The van der Waals surface area contributed by atoms with E-state index in [-0.39, 0.29) is 5.91 Å². The zero-order valence-electron chi connectivity index (χ0n) is 24.8. The van der Waals surface area contributed by atoms with Gasteiger partial charge in [0.25, 0.3) is 0 Å². The van der Waals surface area contributed by atoms with Crippen molar-refractivity contribution in [1.82, 2.24) is 14.5 Å². The van der Waals surface area contributed by atoms with Gasteiger partial charge in [0.15, 0.2) is 0 Å². The van der Waals surface area contributed by atoms with E-state index in [2.05, 4.69) is 44.1 Å². The number of nitrogens with zero attached hydrogens (tertiary/aromatic N) is 3. The van der Waals surface area contributed by atoms with E-state index in [0.29, 0.717) is 28.8 Å². The average Bonchev–Trinajstić information content (AvgIpc) is 3.35. The zero-order chi connectivity index (χ0) is 33.0. The Hall–Kier alpha value is -1.65. The van der Waals surface area contributed by atoms with Crippen molar-refractivity contribution in [1.29, 1.82) is 0 Å². The van der Waals surface area contributed by atoms with Crippen LogP contribution in [0.5, 0.6) is 5.75 Å². The zero-order valence-corrected chi connectivity index (χ0v) is 33.8. The summed E-state index contributed by atoms with van der Waals surface area (Å²) in [5.74, 6) is 0.891. The van der Waals surface area contributed by atoms with Crippen LogP contribution in [0.1, 0.15) is 26.3 Å². The second-order valence-corrected chi connectivity index (χ2v) is 25.9. The summed E-state index contributed by atoms with van der Waals surface area (Å²) in [4.78, 5) is 22.1. The molecule has 19 heteroatoms. The molecule has 0 aliphatic rings. The van der Waals surface area contributed by atoms with E-state index in [0.717, 1.165) is 27.7 Å². The quantitative estimate of drug-likeness (QED) is 0.236. The van der Waals surface area contributed by atoms with Gasteiger partial charge < -0.3 is 25.7 Å². The minimum Gasteiger partial charge on any atom is -0.495 e. The van der Waals surface area contributed by atoms with Gasteiger partial charge in [-0.25, -0.2) is 9.97 Å². The maximum Gasteiger partial charge on any atom is 0.229 e. The lowest BCUT2D eigenvalue weighted by molar-refractivity contribution is -0.123. The van der Waals surface area contributed by atoms with Crippen LogP contribution in [0.4, 0.5) is 23.0 Å². The predicted molar refractivity (Wildman–Crippen MR) is 218 cm³/mol. The van der Waals surface area contributed by atoms with E-state index in [9.17, 15) is 4.79 Å². The summed E-state index contributed by atoms with van der Waals surface area (Å²) >= 11 is 9.35. The minimum absolute atomic E-state index is 0.114. The number of methoxy groups -OCH3 is 1. The molecule has 4 N–H and O–H groups in total. The fraction of sp³-hybridized carbons (Fsp3) is 0.269. The molecule has 4 rings (SSSR count). The number of hydrogen-bond acceptors (Lipinski definition) is 8. The number of anilines is 4. The van der Waals surface area contributed by atoms with E-state index in [1.807, 2.05) is 69.8 Å². The Morgan fingerprint density at radius 2 is 1.60 bits per heavy atom. The monoisotopic (exact) mass is 810 g/mol. The highest BCUT2D eigenvalue weighted by Gasteiger charge is 2.24. The number of amides is 1. The number of nitrogen functional groups attached to an aromatic ring is 1. The first-order chi connectivity index (χ1) is 21.5. The lowest BCUT2D eigenvalue weighted by Gasteiger charge is -2.19. The normalized spacial score (nSPS) is 10.4. The molecule has 0 saturated carbocycles. The van der Waals surface area contributed by atoms with Crippen molar-refractivity contribution in [2.24, 2.45) is 12.5 Å². The van der Waals surface area contributed by atoms with E-state index in [1.54, 1.807) is 81.5 Å². The summed E-state index contributed by atoms with van der Waals surface area (Å²) in [7, 11) is 18.1. The Morgan fingerprint density at radius 1 is 0.978 bits per heavy atom. The number of aromatic nitrogens is 3. The third-order valence-electron chi connectivity index (χ3n) is 5.92. The lowest BCUT2D eigenvalue weighted by Crippen LogP contribution is -2.28. The van der Waals surface area contributed by atoms with Gasteiger partial charge in [0.2, 0.25) is 11.9 Å². The molecule has 0 bridgehead atoms. The van der Waals surface area contributed by atoms with Crippen molar-refractivity contribution in [2.45, 2.75) is 27.7 Å². The molecular formula is C26H30N6O2S11. The highest BCUT2D eigenvalue weighted by atomic mass is 33.4. The number of carbonyl (C=O) groups excluding carboxylic acids is 1. The first-order valence-electron chi connectivity index (χ1n) is 12.7. The Morgan fingerprint density at radius 3 is 2.20 bits per heavy atom. The van der Waals surface area contributed by atoms with Crippen LogP contribution >= 0.6 is 0 Å². The van der Waals surface area contributed by atoms with Gasteiger partial charge in [-0.1, -0.05) is 39.0 Å². The van der Waals surface area contributed by atoms with E-state index in [4.69, 9.17) is 15.5 Å². The van der Waals surface area contributed by atoms with E-state index >= 15 is 0 Å². The number of aryl methyl sites for hydroxylation is 2. The molecule has 4 aromatic rings. The predicted octanol–water partition coefficient (Wildman–Crippen LogP) is 5.24. The molecule has 0 spiro atoms. The lowest BCUT2D eigenvalue weighted by atomic mass is 9.95. The molecule has 0 fully saturated rings. The highest BCUT2D eigenvalue weighted by Crippen LogP contribution is 2.36. The number of ether oxygens (including phenoxy) is 1. The molecular weight excluding hydrogens is 781 g/mol. The molecule has 0 unspecified atom stereocenters. The van der Waals surface area contributed by atoms with Gasteiger partial charge in [-0.3, -0.25) is 4.79 Å². The maximum absolute atomic E-state index is 12.8. The third kappa shape index (κ3) is 11.2. The average molecular weight is 811 g/mol. The topological polar surface area (TPSA) is 107 Å². The first-order valence-corrected chi connectivity index (χ1v) is 26.0. The minimum atomic E-state index is -0.565. The van der Waals surface area contributed by atoms with Crippen LogP contribution in [0.15, 0.2) is 48.8 Å². The number of fused-ring (bicyclic) bond motifs is 1. The standard InChI is InChI=1S/C26H30N6O2.S11/c1-15-11-22(34-6)18(27)12-19(15)30-25-28-13-20(29-24(33)26(2,3)4)23(31-25)17-14-32(5)21-10-8-7-9-16(17)21;1-3-5-7-9-11-10-8-6-4-2/h7-14H,27H2,1-6H3,(H,29,33)(H,28,30,31);. The molecule has 0 radical (unpaired) electrons. The number of carbonyl (C=O) groups is 1. The van der Waals surface area contributed by atoms with Gasteiger partial charge in [0, 0.05) is 143 Å². The smallest absolute Gasteiger partial charge is 0.229 e. The summed E-state index contributed by atoms with van der Waals surface area (Å²) in [6.45, 7) is 7.56. The van der Waals surface area contributed by atoms with Crippen molar-refractivity contribution in [3.05, 3.63) is 54.4 Å². The van der Waals surface area contributed by atoms with Gasteiger partial charge in [0.05, 0.1) is 24.7 Å². The highest BCUT2D eigenvalue weighted by molar-refractivity contribution is 8.74. The molecule has 242 valence electrons. The second-order valence-electron chi connectivity index (χ2n) is 9.98. The number of benzene rings is 2. The Kier molecular flexibility index (Phi) is 15.6. The van der Waals surface area contributed by atoms with Crippen LogP contribution in [0.3, 0.4) is 0 Å². The summed E-state index contributed by atoms with van der Waals surface area (Å²) in [6, 6.07) is 11.7. The summed E-state index contributed by atoms with van der Waals surface area (Å²) in [5.41, 5.74) is 10.9. The van der Waals surface area contributed by atoms with Crippen molar-refractivity contribution < 1.29 is 9.53 Å². The van der Waals surface area contributed by atoms with Gasteiger partial charge in [-0.2, -0.15) is 0 Å². The first kappa shape index (κ1) is 37.8. The number of hydrogen-bond donors (Lipinski definition) is 3. The summed E-state index contributed by atoms with van der Waals surface area (Å²) in [5, 5.41) is 7.31. The molecule has 2 aromatic carbocycles. The molecule has 2 heterocycles. The van der Waals surface area contributed by atoms with Crippen molar-refractivity contribution in [3.8, 4) is 17.0 Å². The van der Waals surface area contributed by atoms with E-state index in [1.165, 1.54) is 17.8 Å². The molecule has 0 aliphatic heterocycles.